The molecule has 10 nitrogen and oxygen atoms in total. The van der Waals surface area contributed by atoms with Crippen molar-refractivity contribution in [1.29, 1.82) is 0 Å². The minimum absolute atomic E-state index is 0.0495. The van der Waals surface area contributed by atoms with Gasteiger partial charge in [-0.2, -0.15) is 5.10 Å². The van der Waals surface area contributed by atoms with Crippen molar-refractivity contribution in [2.24, 2.45) is 5.10 Å². The minimum Gasteiger partial charge on any atom is -0.493 e. The van der Waals surface area contributed by atoms with Crippen LogP contribution in [0.5, 0.6) is 11.5 Å². The monoisotopic (exact) mass is 425 g/mol. The summed E-state index contributed by atoms with van der Waals surface area (Å²) < 4.78 is 11.2. The van der Waals surface area contributed by atoms with Gasteiger partial charge in [0, 0.05) is 6.42 Å². The molecule has 1 aliphatic rings. The van der Waals surface area contributed by atoms with Gasteiger partial charge < -0.3 is 9.47 Å². The van der Waals surface area contributed by atoms with Crippen LogP contribution in [0.4, 0.5) is 4.79 Å². The quantitative estimate of drug-likeness (QED) is 0.353. The summed E-state index contributed by atoms with van der Waals surface area (Å²) >= 11 is 0. The molecule has 1 aliphatic heterocycles. The lowest BCUT2D eigenvalue weighted by atomic mass is 10.1. The summed E-state index contributed by atoms with van der Waals surface area (Å²) in [7, 11) is 1.55. The Morgan fingerprint density at radius 3 is 2.71 bits per heavy atom. The lowest BCUT2D eigenvalue weighted by molar-refractivity contribution is -0.124. The van der Waals surface area contributed by atoms with Gasteiger partial charge in [-0.1, -0.05) is 30.3 Å². The van der Waals surface area contributed by atoms with E-state index in [0.29, 0.717) is 23.7 Å². The molecule has 31 heavy (non-hydrogen) atoms. The fourth-order valence-electron chi connectivity index (χ4n) is 2.78. The van der Waals surface area contributed by atoms with Crippen LogP contribution < -0.4 is 31.1 Å². The van der Waals surface area contributed by atoms with Crippen LogP contribution >= 0.6 is 0 Å². The number of nitrogens with one attached hydrogen (secondary N) is 4. The van der Waals surface area contributed by atoms with Crippen molar-refractivity contribution in [2.75, 3.05) is 7.11 Å². The number of amides is 4. The molecule has 0 aliphatic carbocycles. The summed E-state index contributed by atoms with van der Waals surface area (Å²) in [4.78, 5) is 34.5. The number of carbonyl (C=O) groups excluding carboxylic acids is 3. The Hall–Kier alpha value is -3.92. The summed E-state index contributed by atoms with van der Waals surface area (Å²) in [5.74, 6) is 0.291. The van der Waals surface area contributed by atoms with Crippen LogP contribution in [0.3, 0.4) is 0 Å². The van der Waals surface area contributed by atoms with Gasteiger partial charge in [0.2, 0.25) is 11.8 Å². The number of urea groups is 1. The average Bonchev–Trinajstić information content (AvgIpc) is 2.78. The van der Waals surface area contributed by atoms with Crippen LogP contribution in [-0.4, -0.2) is 37.2 Å². The third kappa shape index (κ3) is 6.54. The molecule has 3 rings (SSSR count). The first-order valence-electron chi connectivity index (χ1n) is 9.58. The molecule has 4 amide bonds. The number of hydrogen-bond acceptors (Lipinski definition) is 7. The van der Waals surface area contributed by atoms with Gasteiger partial charge >= 0.3 is 6.03 Å². The Kier molecular flexibility index (Phi) is 7.55. The number of hydrogen-bond donors (Lipinski definition) is 4. The second-order valence-electron chi connectivity index (χ2n) is 6.66. The van der Waals surface area contributed by atoms with E-state index in [1.54, 1.807) is 25.3 Å². The first-order chi connectivity index (χ1) is 15.0. The number of benzene rings is 2. The van der Waals surface area contributed by atoms with Crippen LogP contribution in [-0.2, 0) is 16.2 Å². The van der Waals surface area contributed by atoms with Gasteiger partial charge in [-0.3, -0.25) is 20.3 Å². The second kappa shape index (κ2) is 10.7. The van der Waals surface area contributed by atoms with Crippen molar-refractivity contribution in [2.45, 2.75) is 25.5 Å². The van der Waals surface area contributed by atoms with E-state index in [9.17, 15) is 14.4 Å². The van der Waals surface area contributed by atoms with E-state index >= 15 is 0 Å². The molecule has 2 aromatic carbocycles. The lowest BCUT2D eigenvalue weighted by Crippen LogP contribution is -2.62. The SMILES string of the molecule is COc1cc(/C=N/NC(=O)CCC2NNC(=O)NC2=O)ccc1OCc1ccccc1. The van der Waals surface area contributed by atoms with Crippen LogP contribution in [0.1, 0.15) is 24.0 Å². The molecule has 1 atom stereocenters. The number of hydrazine groups is 1. The number of ether oxygens (including phenoxy) is 2. The van der Waals surface area contributed by atoms with E-state index in [2.05, 4.69) is 26.7 Å². The van der Waals surface area contributed by atoms with Crippen molar-refractivity contribution in [3.05, 3.63) is 59.7 Å². The Bertz CT molecular complexity index is 964. The van der Waals surface area contributed by atoms with E-state index in [1.165, 1.54) is 6.21 Å². The number of hydrazone groups is 1. The molecule has 1 fully saturated rings. The summed E-state index contributed by atoms with van der Waals surface area (Å²) in [6.45, 7) is 0.415. The Balaban J connectivity index is 1.48. The molecule has 1 saturated heterocycles. The number of nitrogens with zero attached hydrogens (tertiary/aromatic N) is 1. The maximum atomic E-state index is 11.9. The van der Waals surface area contributed by atoms with Gasteiger partial charge in [-0.25, -0.2) is 15.6 Å². The topological polar surface area (TPSA) is 130 Å². The molecule has 0 spiro atoms. The molecular weight excluding hydrogens is 402 g/mol. The molecule has 162 valence electrons. The standard InChI is InChI=1S/C21H23N5O5/c1-30-18-11-15(7-9-17(18)31-13-14-5-3-2-4-6-14)12-22-25-19(27)10-8-16-20(28)23-21(29)26-24-16/h2-7,9,11-12,16,24H,8,10,13H2,1H3,(H,25,27)(H2,23,26,28,29)/b22-12+. The molecule has 0 saturated carbocycles. The van der Waals surface area contributed by atoms with Crippen LogP contribution in [0.2, 0.25) is 0 Å². The van der Waals surface area contributed by atoms with Gasteiger partial charge in [-0.15, -0.1) is 0 Å². The Labute approximate surface area is 179 Å². The van der Waals surface area contributed by atoms with Crippen molar-refractivity contribution in [3.63, 3.8) is 0 Å². The number of carbonyl (C=O) groups is 3. The zero-order valence-corrected chi connectivity index (χ0v) is 16.9. The molecule has 0 radical (unpaired) electrons. The van der Waals surface area contributed by atoms with Gasteiger partial charge in [0.25, 0.3) is 0 Å². The molecular formula is C21H23N5O5. The third-order valence-corrected chi connectivity index (χ3v) is 4.40. The highest BCUT2D eigenvalue weighted by atomic mass is 16.5. The molecule has 0 bridgehead atoms. The molecule has 4 N–H and O–H groups in total. The van der Waals surface area contributed by atoms with Crippen molar-refractivity contribution >= 4 is 24.1 Å². The van der Waals surface area contributed by atoms with Crippen molar-refractivity contribution in [3.8, 4) is 11.5 Å². The van der Waals surface area contributed by atoms with E-state index < -0.39 is 18.0 Å². The maximum absolute atomic E-state index is 11.9. The normalized spacial score (nSPS) is 15.8. The van der Waals surface area contributed by atoms with E-state index in [4.69, 9.17) is 9.47 Å². The largest absolute Gasteiger partial charge is 0.493 e. The van der Waals surface area contributed by atoms with E-state index in [0.717, 1.165) is 5.56 Å². The summed E-state index contributed by atoms with van der Waals surface area (Å²) in [5.41, 5.74) is 8.98. The highest BCUT2D eigenvalue weighted by Crippen LogP contribution is 2.28. The fourth-order valence-corrected chi connectivity index (χ4v) is 2.78. The molecule has 0 aromatic heterocycles. The van der Waals surface area contributed by atoms with Gasteiger partial charge in [0.15, 0.2) is 11.5 Å². The van der Waals surface area contributed by atoms with Gasteiger partial charge in [-0.05, 0) is 35.7 Å². The van der Waals surface area contributed by atoms with E-state index in [-0.39, 0.29) is 18.7 Å². The predicted molar refractivity (Wildman–Crippen MR) is 112 cm³/mol. The van der Waals surface area contributed by atoms with Crippen LogP contribution in [0.15, 0.2) is 53.6 Å². The lowest BCUT2D eigenvalue weighted by Gasteiger charge is -2.22. The van der Waals surface area contributed by atoms with Gasteiger partial charge in [0.1, 0.15) is 12.6 Å². The zero-order valence-electron chi connectivity index (χ0n) is 16.9. The van der Waals surface area contributed by atoms with Crippen molar-refractivity contribution in [1.82, 2.24) is 21.6 Å². The maximum Gasteiger partial charge on any atom is 0.335 e. The smallest absolute Gasteiger partial charge is 0.335 e. The zero-order chi connectivity index (χ0) is 22.1. The minimum atomic E-state index is -0.680. The van der Waals surface area contributed by atoms with Crippen LogP contribution in [0.25, 0.3) is 0 Å². The highest BCUT2D eigenvalue weighted by Gasteiger charge is 2.25. The first kappa shape index (κ1) is 21.8. The molecule has 2 aromatic rings. The van der Waals surface area contributed by atoms with Crippen LogP contribution in [0, 0.1) is 0 Å². The average molecular weight is 425 g/mol. The Morgan fingerprint density at radius 2 is 1.97 bits per heavy atom. The number of rotatable bonds is 9. The van der Waals surface area contributed by atoms with Gasteiger partial charge in [0.05, 0.1) is 13.3 Å². The molecule has 1 heterocycles. The predicted octanol–water partition coefficient (Wildman–Crippen LogP) is 1.22. The molecule has 10 heteroatoms. The highest BCUT2D eigenvalue weighted by molar-refractivity contribution is 5.99. The number of methoxy groups -OCH3 is 1. The van der Waals surface area contributed by atoms with Crippen molar-refractivity contribution < 1.29 is 23.9 Å². The summed E-state index contributed by atoms with van der Waals surface area (Å²) in [6, 6.07) is 13.8. The summed E-state index contributed by atoms with van der Waals surface area (Å²) in [5, 5.41) is 6.04. The van der Waals surface area contributed by atoms with E-state index in [1.807, 2.05) is 30.3 Å². The second-order valence-corrected chi connectivity index (χ2v) is 6.66. The summed E-state index contributed by atoms with van der Waals surface area (Å²) in [6.07, 6.45) is 1.73. The first-order valence-corrected chi connectivity index (χ1v) is 9.58. The fraction of sp³-hybridized carbons (Fsp3) is 0.238. The number of imide groups is 1. The molecule has 1 unspecified atom stereocenters. The third-order valence-electron chi connectivity index (χ3n) is 4.40. The Morgan fingerprint density at radius 1 is 1.16 bits per heavy atom.